The van der Waals surface area contributed by atoms with Crippen molar-refractivity contribution in [2.45, 2.75) is 4.37 Å². The van der Waals surface area contributed by atoms with E-state index >= 15 is 0 Å². The van der Waals surface area contributed by atoms with E-state index in [2.05, 4.69) is 0 Å². The van der Waals surface area contributed by atoms with Gasteiger partial charge < -0.3 is 0 Å². The summed E-state index contributed by atoms with van der Waals surface area (Å²) >= 11 is 1.68. The summed E-state index contributed by atoms with van der Waals surface area (Å²) in [5, 5.41) is 0. The van der Waals surface area contributed by atoms with Crippen molar-refractivity contribution in [3.8, 4) is 0 Å². The van der Waals surface area contributed by atoms with Gasteiger partial charge in [-0.25, -0.2) is 0 Å². The molecule has 1 aromatic carbocycles. The predicted octanol–water partition coefficient (Wildman–Crippen LogP) is 1.49. The number of hydrogen-bond acceptors (Lipinski definition) is 0. The van der Waals surface area contributed by atoms with Gasteiger partial charge in [-0.2, -0.15) is 0 Å². The normalized spacial score (nSPS) is 9.56. The molecule has 9 heavy (non-hydrogen) atoms. The summed E-state index contributed by atoms with van der Waals surface area (Å²) in [5.41, 5.74) is 1.07. The van der Waals surface area contributed by atoms with Gasteiger partial charge in [0.25, 0.3) is 0 Å². The van der Waals surface area contributed by atoms with Crippen LogP contribution in [0.25, 0.3) is 0 Å². The first kappa shape index (κ1) is 7.08. The van der Waals surface area contributed by atoms with Gasteiger partial charge in [0.15, 0.2) is 0 Å². The molecule has 0 saturated heterocycles. The van der Waals surface area contributed by atoms with Gasteiger partial charge in [0.2, 0.25) is 0 Å². The minimum atomic E-state index is -0.136. The van der Waals surface area contributed by atoms with E-state index in [1.165, 1.54) is 6.07 Å². The summed E-state index contributed by atoms with van der Waals surface area (Å²) in [6.45, 7) is 0. The molecule has 0 spiro atoms. The molecule has 0 unspecified atom stereocenters. The molecule has 2 heteroatoms. The molecule has 46 valence electrons. The third-order valence-electron chi connectivity index (χ3n) is 1.07. The van der Waals surface area contributed by atoms with Crippen molar-refractivity contribution in [1.82, 2.24) is 0 Å². The summed E-state index contributed by atoms with van der Waals surface area (Å²) in [7, 11) is 0. The zero-order valence-corrected chi connectivity index (χ0v) is 7.39. The SMILES string of the molecule is Fc1cccc([CH2][Sb])c1. The van der Waals surface area contributed by atoms with Crippen molar-refractivity contribution in [1.29, 1.82) is 0 Å². The second kappa shape index (κ2) is 3.22. The van der Waals surface area contributed by atoms with Crippen LogP contribution < -0.4 is 0 Å². The van der Waals surface area contributed by atoms with E-state index in [9.17, 15) is 4.39 Å². The molecule has 0 atom stereocenters. The van der Waals surface area contributed by atoms with Crippen molar-refractivity contribution in [2.24, 2.45) is 0 Å². The molecule has 1 aromatic rings. The van der Waals surface area contributed by atoms with Gasteiger partial charge in [-0.3, -0.25) is 0 Å². The van der Waals surface area contributed by atoms with Crippen molar-refractivity contribution < 1.29 is 4.39 Å². The maximum absolute atomic E-state index is 12.4. The first-order valence-electron chi connectivity index (χ1n) is 2.68. The third kappa shape index (κ3) is 1.98. The van der Waals surface area contributed by atoms with Crippen LogP contribution >= 0.6 is 0 Å². The average molecular weight is 231 g/mol. The Kier molecular flexibility index (Phi) is 2.53. The van der Waals surface area contributed by atoms with Crippen molar-refractivity contribution in [3.63, 3.8) is 0 Å². The molecule has 0 N–H and O–H groups in total. The summed E-state index contributed by atoms with van der Waals surface area (Å²) in [6.07, 6.45) is 0. The molecule has 0 nitrogen and oxygen atoms in total. The first-order chi connectivity index (χ1) is 4.33. The maximum atomic E-state index is 12.4. The van der Waals surface area contributed by atoms with Crippen LogP contribution in [0.4, 0.5) is 4.39 Å². The number of benzene rings is 1. The molecule has 2 radical (unpaired) electrons. The molecule has 1 rings (SSSR count). The van der Waals surface area contributed by atoms with Gasteiger partial charge in [0.05, 0.1) is 0 Å². The Morgan fingerprint density at radius 2 is 2.22 bits per heavy atom. The van der Waals surface area contributed by atoms with E-state index < -0.39 is 0 Å². The van der Waals surface area contributed by atoms with Crippen LogP contribution in [-0.2, 0) is 4.37 Å². The molecule has 0 aliphatic carbocycles. The van der Waals surface area contributed by atoms with Crippen molar-refractivity contribution in [2.75, 3.05) is 0 Å². The zero-order chi connectivity index (χ0) is 6.69. The quantitative estimate of drug-likeness (QED) is 0.642. The van der Waals surface area contributed by atoms with E-state index in [1.807, 2.05) is 6.07 Å². The van der Waals surface area contributed by atoms with E-state index in [4.69, 9.17) is 0 Å². The van der Waals surface area contributed by atoms with Crippen molar-refractivity contribution in [3.05, 3.63) is 35.6 Å². The Bertz CT molecular complexity index is 198. The van der Waals surface area contributed by atoms with E-state index in [0.717, 1.165) is 9.93 Å². The summed E-state index contributed by atoms with van der Waals surface area (Å²) in [5.74, 6) is -0.136. The topological polar surface area (TPSA) is 0 Å². The Labute approximate surface area is 67.6 Å². The van der Waals surface area contributed by atoms with Gasteiger partial charge in [-0.1, -0.05) is 0 Å². The van der Waals surface area contributed by atoms with Gasteiger partial charge in [-0.15, -0.1) is 0 Å². The van der Waals surface area contributed by atoms with Crippen LogP contribution in [0.2, 0.25) is 0 Å². The second-order valence-electron chi connectivity index (χ2n) is 1.79. The van der Waals surface area contributed by atoms with Crippen LogP contribution in [0.5, 0.6) is 0 Å². The molecule has 0 amide bonds. The Balaban J connectivity index is 2.94. The van der Waals surface area contributed by atoms with Crippen LogP contribution in [0.1, 0.15) is 5.56 Å². The van der Waals surface area contributed by atoms with E-state index in [-0.39, 0.29) is 5.82 Å². The molecule has 0 bridgehead atoms. The standard InChI is InChI=1S/C7H6F.Sb/c1-6-3-2-4-7(8)5-6;/h2-5H,1H2;. The minimum absolute atomic E-state index is 0.136. The van der Waals surface area contributed by atoms with Crippen molar-refractivity contribution >= 4 is 23.0 Å². The second-order valence-corrected chi connectivity index (χ2v) is 2.69. The Hall–Kier alpha value is -0.0318. The Morgan fingerprint density at radius 3 is 2.67 bits per heavy atom. The monoisotopic (exact) mass is 230 g/mol. The summed E-state index contributed by atoms with van der Waals surface area (Å²) < 4.78 is 13.3. The van der Waals surface area contributed by atoms with Gasteiger partial charge in [0, 0.05) is 0 Å². The van der Waals surface area contributed by atoms with Gasteiger partial charge in [0.1, 0.15) is 0 Å². The number of hydrogen-bond donors (Lipinski definition) is 0. The molecule has 0 aromatic heterocycles. The first-order valence-corrected chi connectivity index (χ1v) is 4.49. The Morgan fingerprint density at radius 1 is 1.44 bits per heavy atom. The molecule has 0 aliphatic heterocycles. The van der Waals surface area contributed by atoms with Gasteiger partial charge in [-0.05, 0) is 0 Å². The summed E-state index contributed by atoms with van der Waals surface area (Å²) in [6, 6.07) is 6.70. The number of halogens is 1. The van der Waals surface area contributed by atoms with E-state index in [1.54, 1.807) is 35.2 Å². The van der Waals surface area contributed by atoms with Crippen LogP contribution in [-0.4, -0.2) is 23.0 Å². The van der Waals surface area contributed by atoms with Gasteiger partial charge >= 0.3 is 67.4 Å². The molecular formula is C7H6FSb. The van der Waals surface area contributed by atoms with Crippen LogP contribution in [0.3, 0.4) is 0 Å². The molecular weight excluding hydrogens is 225 g/mol. The number of rotatable bonds is 1. The molecule has 0 aliphatic rings. The average Bonchev–Trinajstić information content (AvgIpc) is 1.88. The summed E-state index contributed by atoms with van der Waals surface area (Å²) in [4.78, 5) is 0. The van der Waals surface area contributed by atoms with Crippen LogP contribution in [0.15, 0.2) is 24.3 Å². The molecule has 0 saturated carbocycles. The fourth-order valence-electron chi connectivity index (χ4n) is 0.635. The predicted molar refractivity (Wildman–Crippen MR) is 35.9 cm³/mol. The fourth-order valence-corrected chi connectivity index (χ4v) is 1.20. The fraction of sp³-hybridized carbons (Fsp3) is 0.143. The molecule has 0 fully saturated rings. The van der Waals surface area contributed by atoms with Crippen LogP contribution in [0, 0.1) is 5.82 Å². The zero-order valence-electron chi connectivity index (χ0n) is 4.84. The van der Waals surface area contributed by atoms with E-state index in [0.29, 0.717) is 0 Å². The molecule has 0 heterocycles. The third-order valence-corrected chi connectivity index (χ3v) is 2.11.